The van der Waals surface area contributed by atoms with Gasteiger partial charge in [0.1, 0.15) is 10.4 Å². The zero-order valence-electron chi connectivity index (χ0n) is 5.57. The van der Waals surface area contributed by atoms with Gasteiger partial charge in [-0.1, -0.05) is 0 Å². The maximum atomic E-state index is 12.8. The van der Waals surface area contributed by atoms with Crippen LogP contribution in [-0.2, 0) is 0 Å². The van der Waals surface area contributed by atoms with Crippen LogP contribution in [0.4, 0.5) is 4.39 Å². The highest BCUT2D eigenvalue weighted by Crippen LogP contribution is 2.20. The minimum absolute atomic E-state index is 0.557. The highest BCUT2D eigenvalue weighted by molar-refractivity contribution is 7.12. The summed E-state index contributed by atoms with van der Waals surface area (Å²) in [5.74, 6) is -4.10. The summed E-state index contributed by atoms with van der Waals surface area (Å²) >= 11 is 0.557. The summed E-state index contributed by atoms with van der Waals surface area (Å²) < 4.78 is 12.8. The molecule has 1 aromatic rings. The Kier molecular flexibility index (Phi) is 2.09. The molecule has 0 aliphatic rings. The zero-order valence-corrected chi connectivity index (χ0v) is 6.39. The number of hydrogen-bond donors (Lipinski definition) is 2. The molecule has 0 saturated heterocycles. The molecule has 0 fully saturated rings. The first-order valence-corrected chi connectivity index (χ1v) is 3.65. The van der Waals surface area contributed by atoms with Crippen molar-refractivity contribution in [3.05, 3.63) is 21.6 Å². The van der Waals surface area contributed by atoms with E-state index in [9.17, 15) is 14.0 Å². The SMILES string of the molecule is O=C(O)c1csc(C(=O)O)c1F. The van der Waals surface area contributed by atoms with E-state index in [-0.39, 0.29) is 0 Å². The molecule has 0 radical (unpaired) electrons. The first kappa shape index (κ1) is 8.66. The van der Waals surface area contributed by atoms with Crippen LogP contribution in [0.25, 0.3) is 0 Å². The Morgan fingerprint density at radius 3 is 2.17 bits per heavy atom. The molecule has 12 heavy (non-hydrogen) atoms. The molecule has 6 heteroatoms. The van der Waals surface area contributed by atoms with Crippen molar-refractivity contribution >= 4 is 23.3 Å². The van der Waals surface area contributed by atoms with E-state index >= 15 is 0 Å². The fourth-order valence-electron chi connectivity index (χ4n) is 0.632. The normalized spacial score (nSPS) is 9.75. The smallest absolute Gasteiger partial charge is 0.348 e. The molecule has 1 aromatic heterocycles. The highest BCUT2D eigenvalue weighted by atomic mass is 32.1. The highest BCUT2D eigenvalue weighted by Gasteiger charge is 2.20. The third kappa shape index (κ3) is 1.28. The number of halogens is 1. The Balaban J connectivity index is 3.22. The van der Waals surface area contributed by atoms with Gasteiger partial charge in [0.2, 0.25) is 0 Å². The number of carboxylic acids is 2. The fourth-order valence-corrected chi connectivity index (χ4v) is 1.39. The van der Waals surface area contributed by atoms with Crippen LogP contribution in [0.1, 0.15) is 20.0 Å². The fraction of sp³-hybridized carbons (Fsp3) is 0. The molecule has 0 amide bonds. The first-order chi connectivity index (χ1) is 5.54. The van der Waals surface area contributed by atoms with E-state index in [1.807, 2.05) is 0 Å². The summed E-state index contributed by atoms with van der Waals surface area (Å²) in [4.78, 5) is 19.9. The zero-order chi connectivity index (χ0) is 9.30. The summed E-state index contributed by atoms with van der Waals surface area (Å²) in [6.45, 7) is 0. The minimum atomic E-state index is -1.46. The van der Waals surface area contributed by atoms with Crippen LogP contribution >= 0.6 is 11.3 Å². The minimum Gasteiger partial charge on any atom is -0.478 e. The average Bonchev–Trinajstić information content (AvgIpc) is 2.30. The van der Waals surface area contributed by atoms with Gasteiger partial charge in [0.15, 0.2) is 5.82 Å². The molecule has 0 aliphatic heterocycles. The number of thiophene rings is 1. The maximum Gasteiger partial charge on any atom is 0.348 e. The molecule has 0 atom stereocenters. The summed E-state index contributed by atoms with van der Waals surface area (Å²) in [6.07, 6.45) is 0. The van der Waals surface area contributed by atoms with Crippen LogP contribution < -0.4 is 0 Å². The van der Waals surface area contributed by atoms with E-state index in [4.69, 9.17) is 10.2 Å². The van der Waals surface area contributed by atoms with Crippen LogP contribution in [0.3, 0.4) is 0 Å². The van der Waals surface area contributed by atoms with Gasteiger partial charge in [-0.3, -0.25) is 0 Å². The van der Waals surface area contributed by atoms with Crippen molar-refractivity contribution in [1.29, 1.82) is 0 Å². The maximum absolute atomic E-state index is 12.8. The van der Waals surface area contributed by atoms with Crippen molar-refractivity contribution in [1.82, 2.24) is 0 Å². The Labute approximate surface area is 69.9 Å². The van der Waals surface area contributed by atoms with Crippen LogP contribution in [0.15, 0.2) is 5.38 Å². The van der Waals surface area contributed by atoms with Crippen molar-refractivity contribution in [3.63, 3.8) is 0 Å². The van der Waals surface area contributed by atoms with E-state index in [2.05, 4.69) is 0 Å². The number of hydrogen-bond acceptors (Lipinski definition) is 3. The molecule has 2 N–H and O–H groups in total. The Morgan fingerprint density at radius 1 is 1.33 bits per heavy atom. The third-order valence-electron chi connectivity index (χ3n) is 1.16. The van der Waals surface area contributed by atoms with Crippen molar-refractivity contribution < 1.29 is 24.2 Å². The van der Waals surface area contributed by atoms with Gasteiger partial charge in [-0.05, 0) is 0 Å². The number of rotatable bonds is 2. The van der Waals surface area contributed by atoms with Gasteiger partial charge in [-0.25, -0.2) is 14.0 Å². The van der Waals surface area contributed by atoms with Crippen molar-refractivity contribution in [3.8, 4) is 0 Å². The van der Waals surface area contributed by atoms with E-state index in [1.54, 1.807) is 0 Å². The van der Waals surface area contributed by atoms with Crippen LogP contribution in [-0.4, -0.2) is 22.2 Å². The third-order valence-corrected chi connectivity index (χ3v) is 2.10. The molecular weight excluding hydrogens is 187 g/mol. The van der Waals surface area contributed by atoms with E-state index in [0.717, 1.165) is 5.38 Å². The van der Waals surface area contributed by atoms with Crippen molar-refractivity contribution in [2.45, 2.75) is 0 Å². The molecule has 64 valence electrons. The first-order valence-electron chi connectivity index (χ1n) is 2.77. The lowest BCUT2D eigenvalue weighted by Crippen LogP contribution is -2.01. The van der Waals surface area contributed by atoms with Crippen LogP contribution in [0, 0.1) is 5.82 Å². The molecule has 0 spiro atoms. The summed E-state index contributed by atoms with van der Waals surface area (Å²) in [7, 11) is 0. The predicted molar refractivity (Wildman–Crippen MR) is 38.2 cm³/mol. The number of carboxylic acid groups (broad SMARTS) is 2. The molecule has 4 nitrogen and oxygen atoms in total. The largest absolute Gasteiger partial charge is 0.478 e. The van der Waals surface area contributed by atoms with Gasteiger partial charge >= 0.3 is 11.9 Å². The van der Waals surface area contributed by atoms with Crippen molar-refractivity contribution in [2.75, 3.05) is 0 Å². The Hall–Kier alpha value is -1.43. The van der Waals surface area contributed by atoms with Gasteiger partial charge in [0.25, 0.3) is 0 Å². The quantitative estimate of drug-likeness (QED) is 0.736. The van der Waals surface area contributed by atoms with E-state index in [1.165, 1.54) is 0 Å². The van der Waals surface area contributed by atoms with Crippen LogP contribution in [0.2, 0.25) is 0 Å². The van der Waals surface area contributed by atoms with Gasteiger partial charge in [0.05, 0.1) is 0 Å². The molecule has 0 saturated carbocycles. The standard InChI is InChI=1S/C6H3FO4S/c7-3-2(5(8)9)1-12-4(3)6(10)11/h1H,(H,8,9)(H,10,11). The summed E-state index contributed by atoms with van der Waals surface area (Å²) in [6, 6.07) is 0. The van der Waals surface area contributed by atoms with Crippen molar-refractivity contribution in [2.24, 2.45) is 0 Å². The number of aromatic carboxylic acids is 2. The Morgan fingerprint density at radius 2 is 1.92 bits per heavy atom. The second-order valence-electron chi connectivity index (χ2n) is 1.90. The average molecular weight is 190 g/mol. The predicted octanol–water partition coefficient (Wildman–Crippen LogP) is 1.28. The van der Waals surface area contributed by atoms with Gasteiger partial charge < -0.3 is 10.2 Å². The second kappa shape index (κ2) is 2.90. The van der Waals surface area contributed by atoms with Gasteiger partial charge in [-0.15, -0.1) is 11.3 Å². The molecule has 0 unspecified atom stereocenters. The molecule has 0 aliphatic carbocycles. The number of carbonyl (C=O) groups is 2. The summed E-state index contributed by atoms with van der Waals surface area (Å²) in [5, 5.41) is 17.6. The lowest BCUT2D eigenvalue weighted by Gasteiger charge is -1.88. The lowest BCUT2D eigenvalue weighted by atomic mass is 10.3. The molecular formula is C6H3FO4S. The second-order valence-corrected chi connectivity index (χ2v) is 2.78. The summed E-state index contributed by atoms with van der Waals surface area (Å²) in [5.41, 5.74) is -0.600. The van der Waals surface area contributed by atoms with Crippen LogP contribution in [0.5, 0.6) is 0 Å². The van der Waals surface area contributed by atoms with E-state index in [0.29, 0.717) is 11.3 Å². The molecule has 1 rings (SSSR count). The molecule has 0 bridgehead atoms. The monoisotopic (exact) mass is 190 g/mol. The topological polar surface area (TPSA) is 74.6 Å². The van der Waals surface area contributed by atoms with E-state index < -0.39 is 28.2 Å². The van der Waals surface area contributed by atoms with Gasteiger partial charge in [0, 0.05) is 5.38 Å². The molecule has 0 aromatic carbocycles. The van der Waals surface area contributed by atoms with Gasteiger partial charge in [-0.2, -0.15) is 0 Å². The Bertz CT molecular complexity index is 312. The lowest BCUT2D eigenvalue weighted by molar-refractivity contribution is 0.0692. The molecule has 1 heterocycles.